The van der Waals surface area contributed by atoms with E-state index in [-0.39, 0.29) is 5.91 Å². The van der Waals surface area contributed by atoms with Crippen LogP contribution in [0.4, 0.5) is 0 Å². The van der Waals surface area contributed by atoms with Crippen molar-refractivity contribution >= 4 is 39.2 Å². The summed E-state index contributed by atoms with van der Waals surface area (Å²) in [7, 11) is 0. The predicted octanol–water partition coefficient (Wildman–Crippen LogP) is 4.82. The van der Waals surface area contributed by atoms with E-state index >= 15 is 0 Å². The summed E-state index contributed by atoms with van der Waals surface area (Å²) >= 11 is 3.31. The molecule has 4 nitrogen and oxygen atoms in total. The monoisotopic (exact) mass is 400 g/mol. The van der Waals surface area contributed by atoms with Crippen molar-refractivity contribution in [3.05, 3.63) is 57.9 Å². The normalized spacial score (nSPS) is 11.9. The molecule has 142 valence electrons. The lowest BCUT2D eigenvalue weighted by molar-refractivity contribution is 0.0997. The number of carbonyl (C=O) groups excluding carboxylic acids is 1. The van der Waals surface area contributed by atoms with E-state index in [2.05, 4.69) is 21.9 Å². The highest BCUT2D eigenvalue weighted by Crippen LogP contribution is 2.24. The largest absolute Gasteiger partial charge is 0.494 e. The average Bonchev–Trinajstić information content (AvgIpc) is 2.98. The zero-order valence-electron chi connectivity index (χ0n) is 16.1. The molecule has 0 radical (unpaired) electrons. The van der Waals surface area contributed by atoms with Crippen LogP contribution in [0, 0.1) is 13.8 Å². The van der Waals surface area contributed by atoms with Crippen molar-refractivity contribution in [2.75, 3.05) is 18.6 Å². The fraction of sp³-hybridized carbons (Fsp3) is 0.333. The Labute approximate surface area is 167 Å². The number of hydrogen-bond acceptors (Lipinski definition) is 4. The van der Waals surface area contributed by atoms with E-state index < -0.39 is 0 Å². The van der Waals surface area contributed by atoms with Gasteiger partial charge < -0.3 is 9.30 Å². The van der Waals surface area contributed by atoms with Crippen LogP contribution in [0.2, 0.25) is 0 Å². The molecule has 0 saturated carbocycles. The second kappa shape index (κ2) is 8.76. The Kier molecular flexibility index (Phi) is 6.39. The first-order valence-electron chi connectivity index (χ1n) is 8.95. The van der Waals surface area contributed by atoms with Gasteiger partial charge in [-0.1, -0.05) is 29.0 Å². The minimum atomic E-state index is -0.189. The molecule has 0 N–H and O–H groups in total. The van der Waals surface area contributed by atoms with Gasteiger partial charge in [-0.2, -0.15) is 16.8 Å². The van der Waals surface area contributed by atoms with E-state index in [0.29, 0.717) is 12.2 Å². The predicted molar refractivity (Wildman–Crippen MR) is 115 cm³/mol. The molecule has 27 heavy (non-hydrogen) atoms. The van der Waals surface area contributed by atoms with Crippen molar-refractivity contribution in [1.29, 1.82) is 0 Å². The van der Waals surface area contributed by atoms with Gasteiger partial charge in [-0.15, -0.1) is 0 Å². The highest BCUT2D eigenvalue weighted by Gasteiger charge is 2.12. The lowest BCUT2D eigenvalue weighted by atomic mass is 10.1. The summed E-state index contributed by atoms with van der Waals surface area (Å²) in [4.78, 5) is 18.1. The molecule has 1 amide bonds. The van der Waals surface area contributed by atoms with Crippen molar-refractivity contribution in [2.24, 2.45) is 4.99 Å². The Morgan fingerprint density at radius 3 is 2.78 bits per heavy atom. The number of ether oxygens (including phenoxy) is 1. The number of fused-ring (bicyclic) bond motifs is 1. The number of amides is 1. The van der Waals surface area contributed by atoms with Gasteiger partial charge in [0.05, 0.1) is 16.8 Å². The smallest absolute Gasteiger partial charge is 0.279 e. The summed E-state index contributed by atoms with van der Waals surface area (Å²) in [5, 5.41) is 0. The summed E-state index contributed by atoms with van der Waals surface area (Å²) in [6, 6.07) is 12.0. The molecule has 0 spiro atoms. The topological polar surface area (TPSA) is 43.6 Å². The third-order valence-electron chi connectivity index (χ3n) is 4.30. The van der Waals surface area contributed by atoms with Gasteiger partial charge in [-0.25, -0.2) is 0 Å². The molecule has 3 aromatic rings. The van der Waals surface area contributed by atoms with E-state index in [9.17, 15) is 4.79 Å². The molecule has 0 saturated heterocycles. The summed E-state index contributed by atoms with van der Waals surface area (Å²) in [6.45, 7) is 7.35. The van der Waals surface area contributed by atoms with Crippen LogP contribution < -0.4 is 9.54 Å². The minimum Gasteiger partial charge on any atom is -0.494 e. The number of aryl methyl sites for hydroxylation is 3. The molecular weight excluding hydrogens is 376 g/mol. The SMILES string of the molecule is CCOc1ccc2c(c1)sc(=NC(=O)c1cc(C)ccc1C)n2CCSC. The van der Waals surface area contributed by atoms with Crippen molar-refractivity contribution in [3.8, 4) is 5.75 Å². The lowest BCUT2D eigenvalue weighted by Crippen LogP contribution is -2.18. The van der Waals surface area contributed by atoms with Crippen molar-refractivity contribution in [1.82, 2.24) is 4.57 Å². The number of thiazole rings is 1. The highest BCUT2D eigenvalue weighted by atomic mass is 32.2. The first-order chi connectivity index (χ1) is 13.0. The molecule has 2 aromatic carbocycles. The van der Waals surface area contributed by atoms with E-state index in [1.165, 1.54) is 11.3 Å². The minimum absolute atomic E-state index is 0.189. The number of aromatic nitrogens is 1. The van der Waals surface area contributed by atoms with E-state index in [4.69, 9.17) is 4.74 Å². The zero-order chi connectivity index (χ0) is 19.4. The maximum Gasteiger partial charge on any atom is 0.279 e. The molecule has 3 rings (SSSR count). The van der Waals surface area contributed by atoms with Gasteiger partial charge in [0.25, 0.3) is 5.91 Å². The number of nitrogens with zero attached hydrogens (tertiary/aromatic N) is 2. The van der Waals surface area contributed by atoms with E-state index in [1.807, 2.05) is 51.1 Å². The quantitative estimate of drug-likeness (QED) is 0.596. The molecule has 0 unspecified atom stereocenters. The number of hydrogen-bond donors (Lipinski definition) is 0. The molecular formula is C21H24N2O2S2. The van der Waals surface area contributed by atoms with Crippen LogP contribution in [0.25, 0.3) is 10.2 Å². The molecule has 0 aliphatic heterocycles. The molecule has 6 heteroatoms. The zero-order valence-corrected chi connectivity index (χ0v) is 17.7. The van der Waals surface area contributed by atoms with Crippen molar-refractivity contribution in [3.63, 3.8) is 0 Å². The summed E-state index contributed by atoms with van der Waals surface area (Å²) in [5.41, 5.74) is 3.76. The van der Waals surface area contributed by atoms with Crippen molar-refractivity contribution in [2.45, 2.75) is 27.3 Å². The fourth-order valence-electron chi connectivity index (χ4n) is 2.91. The number of benzene rings is 2. The first-order valence-corrected chi connectivity index (χ1v) is 11.2. The number of carbonyl (C=O) groups is 1. The molecule has 0 aliphatic carbocycles. The van der Waals surface area contributed by atoms with Gasteiger partial charge in [0.15, 0.2) is 4.80 Å². The van der Waals surface area contributed by atoms with Crippen LogP contribution in [0.5, 0.6) is 5.75 Å². The maximum atomic E-state index is 12.9. The van der Waals surface area contributed by atoms with Gasteiger partial charge >= 0.3 is 0 Å². The van der Waals surface area contributed by atoms with Gasteiger partial charge in [0, 0.05) is 17.9 Å². The summed E-state index contributed by atoms with van der Waals surface area (Å²) in [5.74, 6) is 1.62. The maximum absolute atomic E-state index is 12.9. The Bertz CT molecular complexity index is 1030. The van der Waals surface area contributed by atoms with Gasteiger partial charge in [-0.05, 0) is 56.9 Å². The highest BCUT2D eigenvalue weighted by molar-refractivity contribution is 7.98. The standard InChI is InChI=1S/C21H24N2O2S2/c1-5-25-16-8-9-18-19(13-16)27-21(23(18)10-11-26-4)22-20(24)17-12-14(2)6-7-15(17)3/h6-9,12-13H,5,10-11H2,1-4H3. The Hall–Kier alpha value is -2.05. The van der Waals surface area contributed by atoms with Crippen LogP contribution >= 0.6 is 23.1 Å². The van der Waals surface area contributed by atoms with Gasteiger partial charge in [0.1, 0.15) is 5.75 Å². The first kappa shape index (κ1) is 19.7. The van der Waals surface area contributed by atoms with Crippen LogP contribution in [0.1, 0.15) is 28.4 Å². The Morgan fingerprint density at radius 1 is 1.22 bits per heavy atom. The summed E-state index contributed by atoms with van der Waals surface area (Å²) in [6.07, 6.45) is 2.08. The van der Waals surface area contributed by atoms with Crippen LogP contribution in [-0.2, 0) is 6.54 Å². The second-order valence-corrected chi connectivity index (χ2v) is 8.32. The van der Waals surface area contributed by atoms with E-state index in [0.717, 1.165) is 44.2 Å². The van der Waals surface area contributed by atoms with Crippen LogP contribution in [-0.4, -0.2) is 29.1 Å². The average molecular weight is 401 g/mol. The molecule has 0 aliphatic rings. The van der Waals surface area contributed by atoms with Crippen LogP contribution in [0.3, 0.4) is 0 Å². The molecule has 0 atom stereocenters. The molecule has 1 aromatic heterocycles. The van der Waals surface area contributed by atoms with Crippen molar-refractivity contribution < 1.29 is 9.53 Å². The third-order valence-corrected chi connectivity index (χ3v) is 5.94. The number of rotatable bonds is 6. The molecule has 0 fully saturated rings. The molecule has 1 heterocycles. The van der Waals surface area contributed by atoms with Gasteiger partial charge in [0.2, 0.25) is 0 Å². The van der Waals surface area contributed by atoms with E-state index in [1.54, 1.807) is 11.8 Å². The van der Waals surface area contributed by atoms with Crippen LogP contribution in [0.15, 0.2) is 41.4 Å². The Morgan fingerprint density at radius 2 is 2.04 bits per heavy atom. The Balaban J connectivity index is 2.11. The number of thioether (sulfide) groups is 1. The molecule has 0 bridgehead atoms. The third kappa shape index (κ3) is 4.45. The lowest BCUT2D eigenvalue weighted by Gasteiger charge is -2.06. The summed E-state index contributed by atoms with van der Waals surface area (Å²) < 4.78 is 8.83. The van der Waals surface area contributed by atoms with Gasteiger partial charge in [-0.3, -0.25) is 4.79 Å². The fourth-order valence-corrected chi connectivity index (χ4v) is 4.36. The second-order valence-electron chi connectivity index (χ2n) is 6.33.